The van der Waals surface area contributed by atoms with Crippen molar-refractivity contribution >= 4 is 5.97 Å². The maximum atomic E-state index is 12.5. The van der Waals surface area contributed by atoms with Crippen LogP contribution in [0.1, 0.15) is 29.4 Å². The quantitative estimate of drug-likeness (QED) is 0.754. The molecule has 1 aromatic rings. The number of alkyl halides is 3. The summed E-state index contributed by atoms with van der Waals surface area (Å²) in [6.45, 7) is 1.84. The standard InChI is InChI=1S/C9H11F3N2O2/c1-3-4-16-8(15)6-5-14(2)13-7(6)9(10,11)12/h5H,3-4H2,1-2H3. The highest BCUT2D eigenvalue weighted by atomic mass is 19.4. The Hall–Kier alpha value is -1.53. The second-order valence-electron chi connectivity index (χ2n) is 3.20. The van der Waals surface area contributed by atoms with Crippen molar-refractivity contribution < 1.29 is 22.7 Å². The number of hydrogen-bond donors (Lipinski definition) is 0. The molecule has 1 heterocycles. The maximum absolute atomic E-state index is 12.5. The zero-order chi connectivity index (χ0) is 12.3. The van der Waals surface area contributed by atoms with Crippen molar-refractivity contribution in [2.75, 3.05) is 6.61 Å². The van der Waals surface area contributed by atoms with Gasteiger partial charge in [-0.05, 0) is 6.42 Å². The van der Waals surface area contributed by atoms with Gasteiger partial charge in [0.25, 0.3) is 0 Å². The summed E-state index contributed by atoms with van der Waals surface area (Å²) in [5.41, 5.74) is -1.76. The molecule has 0 saturated heterocycles. The van der Waals surface area contributed by atoms with Crippen LogP contribution in [0.2, 0.25) is 0 Å². The lowest BCUT2D eigenvalue weighted by molar-refractivity contribution is -0.142. The van der Waals surface area contributed by atoms with E-state index in [-0.39, 0.29) is 6.61 Å². The number of rotatable bonds is 3. The molecule has 7 heteroatoms. The van der Waals surface area contributed by atoms with Crippen molar-refractivity contribution in [3.8, 4) is 0 Å². The van der Waals surface area contributed by atoms with E-state index in [1.165, 1.54) is 7.05 Å². The van der Waals surface area contributed by atoms with Crippen molar-refractivity contribution in [1.29, 1.82) is 0 Å². The molecule has 0 atom stereocenters. The summed E-state index contributed by atoms with van der Waals surface area (Å²) in [7, 11) is 1.31. The number of ether oxygens (including phenoxy) is 1. The van der Waals surface area contributed by atoms with Gasteiger partial charge in [-0.1, -0.05) is 6.92 Å². The molecule has 4 nitrogen and oxygen atoms in total. The van der Waals surface area contributed by atoms with E-state index < -0.39 is 23.4 Å². The highest BCUT2D eigenvalue weighted by Gasteiger charge is 2.39. The zero-order valence-electron chi connectivity index (χ0n) is 8.84. The summed E-state index contributed by atoms with van der Waals surface area (Å²) in [6.07, 6.45) is -3.10. The van der Waals surface area contributed by atoms with Crippen molar-refractivity contribution in [3.63, 3.8) is 0 Å². The van der Waals surface area contributed by atoms with Crippen LogP contribution in [0.15, 0.2) is 6.20 Å². The van der Waals surface area contributed by atoms with Gasteiger partial charge in [0.05, 0.1) is 6.61 Å². The Kier molecular flexibility index (Phi) is 3.56. The van der Waals surface area contributed by atoms with Gasteiger partial charge in [0.2, 0.25) is 0 Å². The summed E-state index contributed by atoms with van der Waals surface area (Å²) in [5.74, 6) is -0.998. The van der Waals surface area contributed by atoms with Crippen LogP contribution >= 0.6 is 0 Å². The van der Waals surface area contributed by atoms with E-state index in [2.05, 4.69) is 9.84 Å². The molecule has 0 aliphatic carbocycles. The Morgan fingerprint density at radius 2 is 2.19 bits per heavy atom. The van der Waals surface area contributed by atoms with E-state index >= 15 is 0 Å². The Morgan fingerprint density at radius 1 is 1.56 bits per heavy atom. The van der Waals surface area contributed by atoms with Crippen LogP contribution < -0.4 is 0 Å². The van der Waals surface area contributed by atoms with Crippen LogP contribution in [-0.4, -0.2) is 22.4 Å². The van der Waals surface area contributed by atoms with E-state index in [1.807, 2.05) is 0 Å². The highest BCUT2D eigenvalue weighted by Crippen LogP contribution is 2.30. The van der Waals surface area contributed by atoms with E-state index in [0.29, 0.717) is 6.42 Å². The zero-order valence-corrected chi connectivity index (χ0v) is 8.84. The first-order valence-corrected chi connectivity index (χ1v) is 4.64. The molecule has 0 saturated carbocycles. The number of nitrogens with zero attached hydrogens (tertiary/aromatic N) is 2. The van der Waals surface area contributed by atoms with Gasteiger partial charge >= 0.3 is 12.1 Å². The summed E-state index contributed by atoms with van der Waals surface area (Å²) >= 11 is 0. The first-order chi connectivity index (χ1) is 7.36. The summed E-state index contributed by atoms with van der Waals surface area (Å²) in [4.78, 5) is 11.3. The normalized spacial score (nSPS) is 11.6. The molecule has 0 unspecified atom stereocenters. The number of carbonyl (C=O) groups is 1. The highest BCUT2D eigenvalue weighted by molar-refractivity contribution is 5.90. The molecule has 0 amide bonds. The third-order valence-corrected chi connectivity index (χ3v) is 1.75. The van der Waals surface area contributed by atoms with E-state index in [4.69, 9.17) is 0 Å². The predicted molar refractivity (Wildman–Crippen MR) is 48.8 cm³/mol. The molecule has 0 aliphatic heterocycles. The van der Waals surface area contributed by atoms with Crippen LogP contribution in [-0.2, 0) is 18.0 Å². The van der Waals surface area contributed by atoms with E-state index in [1.54, 1.807) is 6.92 Å². The Balaban J connectivity index is 2.99. The number of esters is 1. The predicted octanol–water partition coefficient (Wildman–Crippen LogP) is 2.01. The van der Waals surface area contributed by atoms with E-state index in [9.17, 15) is 18.0 Å². The first kappa shape index (κ1) is 12.5. The lowest BCUT2D eigenvalue weighted by Gasteiger charge is -2.05. The van der Waals surface area contributed by atoms with Crippen molar-refractivity contribution in [2.24, 2.45) is 7.05 Å². The Morgan fingerprint density at radius 3 is 2.69 bits per heavy atom. The van der Waals surface area contributed by atoms with Gasteiger partial charge in [-0.25, -0.2) is 4.79 Å². The molecule has 0 radical (unpaired) electrons. The number of hydrogen-bond acceptors (Lipinski definition) is 3. The summed E-state index contributed by atoms with van der Waals surface area (Å²) in [6, 6.07) is 0. The minimum absolute atomic E-state index is 0.0883. The molecule has 1 aromatic heterocycles. The largest absolute Gasteiger partial charge is 0.462 e. The second kappa shape index (κ2) is 4.54. The molecular weight excluding hydrogens is 225 g/mol. The average Bonchev–Trinajstić information content (AvgIpc) is 2.56. The third-order valence-electron chi connectivity index (χ3n) is 1.75. The minimum Gasteiger partial charge on any atom is -0.462 e. The fourth-order valence-electron chi connectivity index (χ4n) is 1.12. The maximum Gasteiger partial charge on any atom is 0.436 e. The van der Waals surface area contributed by atoms with Crippen molar-refractivity contribution in [3.05, 3.63) is 17.5 Å². The van der Waals surface area contributed by atoms with Gasteiger partial charge in [0.15, 0.2) is 5.69 Å². The number of halogens is 3. The molecule has 0 aliphatic rings. The molecule has 0 bridgehead atoms. The lowest BCUT2D eigenvalue weighted by Crippen LogP contribution is -2.14. The van der Waals surface area contributed by atoms with Crippen LogP contribution in [0.25, 0.3) is 0 Å². The summed E-state index contributed by atoms with van der Waals surface area (Å²) < 4.78 is 43.0. The number of aromatic nitrogens is 2. The van der Waals surface area contributed by atoms with Gasteiger partial charge in [0, 0.05) is 13.2 Å². The summed E-state index contributed by atoms with van der Waals surface area (Å²) in [5, 5.41) is 3.20. The molecule has 90 valence electrons. The molecule has 0 aromatic carbocycles. The monoisotopic (exact) mass is 236 g/mol. The van der Waals surface area contributed by atoms with Crippen molar-refractivity contribution in [2.45, 2.75) is 19.5 Å². The van der Waals surface area contributed by atoms with Crippen LogP contribution in [0.4, 0.5) is 13.2 Å². The molecule has 1 rings (SSSR count). The third kappa shape index (κ3) is 2.74. The molecule has 0 spiro atoms. The SMILES string of the molecule is CCCOC(=O)c1cn(C)nc1C(F)(F)F. The van der Waals surface area contributed by atoms with Gasteiger partial charge < -0.3 is 4.74 Å². The van der Waals surface area contributed by atoms with Gasteiger partial charge in [0.1, 0.15) is 5.56 Å². The molecular formula is C9H11F3N2O2. The van der Waals surface area contributed by atoms with Crippen LogP contribution in [0.5, 0.6) is 0 Å². The van der Waals surface area contributed by atoms with E-state index in [0.717, 1.165) is 10.9 Å². The van der Waals surface area contributed by atoms with Crippen LogP contribution in [0.3, 0.4) is 0 Å². The fraction of sp³-hybridized carbons (Fsp3) is 0.556. The van der Waals surface area contributed by atoms with Gasteiger partial charge in [-0.15, -0.1) is 0 Å². The molecule has 0 N–H and O–H groups in total. The Labute approximate surface area is 90.0 Å². The first-order valence-electron chi connectivity index (χ1n) is 4.64. The average molecular weight is 236 g/mol. The lowest BCUT2D eigenvalue weighted by atomic mass is 10.2. The fourth-order valence-corrected chi connectivity index (χ4v) is 1.12. The number of aryl methyl sites for hydroxylation is 1. The molecule has 0 fully saturated rings. The smallest absolute Gasteiger partial charge is 0.436 e. The topological polar surface area (TPSA) is 44.1 Å². The Bertz CT molecular complexity index is 385. The van der Waals surface area contributed by atoms with Gasteiger partial charge in [-0.2, -0.15) is 18.3 Å². The van der Waals surface area contributed by atoms with Crippen molar-refractivity contribution in [1.82, 2.24) is 9.78 Å². The minimum atomic E-state index is -4.65. The van der Waals surface area contributed by atoms with Gasteiger partial charge in [-0.3, -0.25) is 4.68 Å². The molecule has 16 heavy (non-hydrogen) atoms. The van der Waals surface area contributed by atoms with Crippen LogP contribution in [0, 0.1) is 0 Å². The second-order valence-corrected chi connectivity index (χ2v) is 3.20. The number of carbonyl (C=O) groups excluding carboxylic acids is 1.